The first-order valence-electron chi connectivity index (χ1n) is 10.0. The van der Waals surface area contributed by atoms with Crippen molar-refractivity contribution >= 4 is 17.5 Å². The lowest BCUT2D eigenvalue weighted by Gasteiger charge is -2.31. The lowest BCUT2D eigenvalue weighted by Crippen LogP contribution is -2.47. The minimum Gasteiger partial charge on any atom is -0.481 e. The summed E-state index contributed by atoms with van der Waals surface area (Å²) in [5.74, 6) is -5.38. The fraction of sp³-hybridized carbons (Fsp3) is 0.429. The Balaban J connectivity index is 2.07. The zero-order valence-corrected chi connectivity index (χ0v) is 18.5. The number of amides is 2. The van der Waals surface area contributed by atoms with E-state index in [-0.39, 0.29) is 16.9 Å². The lowest BCUT2D eigenvalue weighted by atomic mass is 9.77. The summed E-state index contributed by atoms with van der Waals surface area (Å²) in [5.41, 5.74) is 0.602. The van der Waals surface area contributed by atoms with E-state index in [0.717, 1.165) is 32.4 Å². The summed E-state index contributed by atoms with van der Waals surface area (Å²) in [4.78, 5) is 31.5. The molecule has 14 heteroatoms. The molecule has 8 nitrogen and oxygen atoms in total. The lowest BCUT2D eigenvalue weighted by molar-refractivity contribution is -0.272. The summed E-state index contributed by atoms with van der Waals surface area (Å²) >= 11 is 0. The largest absolute Gasteiger partial charge is 0.481 e. The Morgan fingerprint density at radius 2 is 1.83 bits per heavy atom. The van der Waals surface area contributed by atoms with Crippen LogP contribution in [-0.4, -0.2) is 46.8 Å². The maximum absolute atomic E-state index is 14.0. The van der Waals surface area contributed by atoms with Gasteiger partial charge in [-0.15, -0.1) is 0 Å². The standard InChI is InChI=1S/C21H20F6N4O4/c1-9-14(11-4-5-13(20(22,23)24)31-18(11)34-3)15(35-19(9,2)21(25,26)27)17(33)30-10-6-7-29-12(8-10)16(28)32/h4-9,14-15H,1-3H3,(H2,28,32)(H,29,30,33)/t9-,14-,15+,19+/m0/s1. The fourth-order valence-electron chi connectivity index (χ4n) is 3.91. The highest BCUT2D eigenvalue weighted by Crippen LogP contribution is 2.54. The van der Waals surface area contributed by atoms with E-state index in [1.807, 2.05) is 0 Å². The highest BCUT2D eigenvalue weighted by Gasteiger charge is 2.66. The van der Waals surface area contributed by atoms with Gasteiger partial charge in [0.1, 0.15) is 17.5 Å². The minimum atomic E-state index is -4.93. The van der Waals surface area contributed by atoms with Gasteiger partial charge in [-0.2, -0.15) is 26.3 Å². The predicted octanol–water partition coefficient (Wildman–Crippen LogP) is 3.68. The zero-order valence-electron chi connectivity index (χ0n) is 18.5. The molecule has 0 spiro atoms. The van der Waals surface area contributed by atoms with Crippen LogP contribution in [0.25, 0.3) is 0 Å². The molecule has 190 valence electrons. The second kappa shape index (κ2) is 8.98. The van der Waals surface area contributed by atoms with Crippen LogP contribution in [0.5, 0.6) is 5.88 Å². The molecule has 4 atom stereocenters. The van der Waals surface area contributed by atoms with Crippen molar-refractivity contribution in [2.24, 2.45) is 11.7 Å². The summed E-state index contributed by atoms with van der Waals surface area (Å²) in [6.45, 7) is 1.92. The summed E-state index contributed by atoms with van der Waals surface area (Å²) < 4.78 is 91.5. The second-order valence-corrected chi connectivity index (χ2v) is 8.03. The molecule has 0 aliphatic carbocycles. The van der Waals surface area contributed by atoms with Gasteiger partial charge in [-0.05, 0) is 25.1 Å². The number of primary amides is 1. The molecule has 2 amide bonds. The molecular weight excluding hydrogens is 486 g/mol. The van der Waals surface area contributed by atoms with E-state index in [4.69, 9.17) is 15.2 Å². The number of nitrogens with zero attached hydrogens (tertiary/aromatic N) is 2. The summed E-state index contributed by atoms with van der Waals surface area (Å²) in [5, 5.41) is 2.34. The molecule has 0 saturated carbocycles. The van der Waals surface area contributed by atoms with Gasteiger partial charge in [0, 0.05) is 29.3 Å². The number of aromatic nitrogens is 2. The molecule has 2 aromatic heterocycles. The van der Waals surface area contributed by atoms with E-state index in [1.54, 1.807) is 0 Å². The number of nitrogens with one attached hydrogen (secondary N) is 1. The van der Waals surface area contributed by atoms with Crippen LogP contribution in [-0.2, 0) is 15.7 Å². The first-order valence-corrected chi connectivity index (χ1v) is 10.0. The first-order chi connectivity index (χ1) is 16.1. The van der Waals surface area contributed by atoms with Crippen molar-refractivity contribution in [3.63, 3.8) is 0 Å². The first kappa shape index (κ1) is 26.2. The number of carbonyl (C=O) groups excluding carboxylic acids is 2. The number of ether oxygens (including phenoxy) is 2. The third-order valence-electron chi connectivity index (χ3n) is 5.94. The van der Waals surface area contributed by atoms with E-state index in [1.165, 1.54) is 13.0 Å². The predicted molar refractivity (Wildman–Crippen MR) is 108 cm³/mol. The van der Waals surface area contributed by atoms with Gasteiger partial charge in [0.2, 0.25) is 5.88 Å². The molecular formula is C21H20F6N4O4. The molecule has 2 aromatic rings. The normalized spacial score (nSPS) is 24.8. The number of carbonyl (C=O) groups is 2. The number of halogens is 6. The summed E-state index contributed by atoms with van der Waals surface area (Å²) in [6, 6.07) is 3.88. The van der Waals surface area contributed by atoms with Crippen molar-refractivity contribution in [2.45, 2.75) is 43.8 Å². The molecule has 3 rings (SSSR count). The van der Waals surface area contributed by atoms with Crippen LogP contribution >= 0.6 is 0 Å². The quantitative estimate of drug-likeness (QED) is 0.598. The summed E-state index contributed by atoms with van der Waals surface area (Å²) in [6.07, 6.45) is -10.4. The number of hydrogen-bond donors (Lipinski definition) is 2. The highest BCUT2D eigenvalue weighted by atomic mass is 19.4. The van der Waals surface area contributed by atoms with Crippen LogP contribution in [0.3, 0.4) is 0 Å². The van der Waals surface area contributed by atoms with Crippen LogP contribution < -0.4 is 15.8 Å². The van der Waals surface area contributed by atoms with Crippen molar-refractivity contribution in [3.8, 4) is 5.88 Å². The van der Waals surface area contributed by atoms with E-state index in [0.29, 0.717) is 6.07 Å². The average Bonchev–Trinajstić information content (AvgIpc) is 3.04. The number of hydrogen-bond acceptors (Lipinski definition) is 6. The molecule has 0 bridgehead atoms. The van der Waals surface area contributed by atoms with Crippen molar-refractivity contribution in [1.29, 1.82) is 0 Å². The smallest absolute Gasteiger partial charge is 0.433 e. The molecule has 1 saturated heterocycles. The van der Waals surface area contributed by atoms with Gasteiger partial charge in [0.05, 0.1) is 7.11 Å². The molecule has 3 heterocycles. The van der Waals surface area contributed by atoms with Crippen LogP contribution in [0.4, 0.5) is 32.0 Å². The van der Waals surface area contributed by atoms with Gasteiger partial charge in [0.25, 0.3) is 11.8 Å². The van der Waals surface area contributed by atoms with Crippen LogP contribution in [0, 0.1) is 5.92 Å². The van der Waals surface area contributed by atoms with Gasteiger partial charge >= 0.3 is 12.4 Å². The van der Waals surface area contributed by atoms with Gasteiger partial charge in [-0.3, -0.25) is 14.6 Å². The molecule has 0 radical (unpaired) electrons. The third-order valence-corrected chi connectivity index (χ3v) is 5.94. The van der Waals surface area contributed by atoms with E-state index in [9.17, 15) is 35.9 Å². The van der Waals surface area contributed by atoms with E-state index in [2.05, 4.69) is 15.3 Å². The Morgan fingerprint density at radius 3 is 2.37 bits per heavy atom. The molecule has 0 unspecified atom stereocenters. The Bertz CT molecular complexity index is 1140. The number of rotatable bonds is 5. The molecule has 35 heavy (non-hydrogen) atoms. The SMILES string of the molecule is COc1nc(C(F)(F)F)ccc1[C@H]1[C@H](C(=O)Nc2ccnc(C(N)=O)c2)O[C@@](C)(C(F)(F)F)[C@H]1C. The molecule has 1 aliphatic heterocycles. The van der Waals surface area contributed by atoms with E-state index < -0.39 is 59.3 Å². The van der Waals surface area contributed by atoms with Crippen molar-refractivity contribution in [2.75, 3.05) is 12.4 Å². The van der Waals surface area contributed by atoms with Crippen LogP contribution in [0.15, 0.2) is 30.5 Å². The third kappa shape index (κ3) is 4.88. The van der Waals surface area contributed by atoms with Gasteiger partial charge < -0.3 is 20.5 Å². The Hall–Kier alpha value is -3.42. The maximum Gasteiger partial charge on any atom is 0.433 e. The molecule has 0 aromatic carbocycles. The Kier molecular flexibility index (Phi) is 6.72. The number of nitrogens with two attached hydrogens (primary N) is 1. The molecule has 1 aliphatic rings. The number of methoxy groups -OCH3 is 1. The zero-order chi connectivity index (χ0) is 26.3. The van der Waals surface area contributed by atoms with E-state index >= 15 is 0 Å². The summed E-state index contributed by atoms with van der Waals surface area (Å²) in [7, 11) is 1.01. The number of pyridine rings is 2. The van der Waals surface area contributed by atoms with Crippen LogP contribution in [0.2, 0.25) is 0 Å². The monoisotopic (exact) mass is 506 g/mol. The van der Waals surface area contributed by atoms with Crippen molar-refractivity contribution < 1.29 is 45.4 Å². The second-order valence-electron chi connectivity index (χ2n) is 8.03. The van der Waals surface area contributed by atoms with Crippen LogP contribution in [0.1, 0.15) is 41.5 Å². The maximum atomic E-state index is 14.0. The average molecular weight is 506 g/mol. The van der Waals surface area contributed by atoms with Crippen molar-refractivity contribution in [3.05, 3.63) is 47.4 Å². The Morgan fingerprint density at radius 1 is 1.17 bits per heavy atom. The van der Waals surface area contributed by atoms with Gasteiger partial charge in [-0.1, -0.05) is 13.0 Å². The molecule has 1 fully saturated rings. The van der Waals surface area contributed by atoms with Gasteiger partial charge in [-0.25, -0.2) is 4.98 Å². The topological polar surface area (TPSA) is 116 Å². The number of anilines is 1. The fourth-order valence-corrected chi connectivity index (χ4v) is 3.91. The van der Waals surface area contributed by atoms with Gasteiger partial charge in [0.15, 0.2) is 5.60 Å². The molecule has 3 N–H and O–H groups in total. The highest BCUT2D eigenvalue weighted by molar-refractivity contribution is 5.97. The number of alkyl halides is 6. The minimum absolute atomic E-state index is 0.00748. The van der Waals surface area contributed by atoms with Crippen molar-refractivity contribution in [1.82, 2.24) is 9.97 Å². The Labute approximate surface area is 194 Å².